The lowest BCUT2D eigenvalue weighted by atomic mass is 10.2. The highest BCUT2D eigenvalue weighted by Crippen LogP contribution is 2.36. The minimum absolute atomic E-state index is 0.0533. The van der Waals surface area contributed by atoms with Crippen molar-refractivity contribution in [2.75, 3.05) is 0 Å². The van der Waals surface area contributed by atoms with E-state index in [1.807, 2.05) is 6.07 Å². The molecule has 0 bridgehead atoms. The first-order chi connectivity index (χ1) is 6.59. The number of nitrogens with two attached hydrogens (primary N) is 1. The van der Waals surface area contributed by atoms with E-state index in [9.17, 15) is 5.11 Å². The van der Waals surface area contributed by atoms with Crippen LogP contribution in [0.1, 0.15) is 4.88 Å². The normalized spacial score (nSPS) is 10.6. The number of fused-ring (bicyclic) bond motifs is 1. The zero-order valence-electron chi connectivity index (χ0n) is 7.04. The zero-order chi connectivity index (χ0) is 10.3. The van der Waals surface area contributed by atoms with Gasteiger partial charge in [-0.1, -0.05) is 0 Å². The smallest absolute Gasteiger partial charge is 0.133 e. The van der Waals surface area contributed by atoms with Gasteiger partial charge in [0.2, 0.25) is 0 Å². The van der Waals surface area contributed by atoms with Crippen molar-refractivity contribution in [2.24, 2.45) is 5.73 Å². The minimum Gasteiger partial charge on any atom is -0.507 e. The van der Waals surface area contributed by atoms with Gasteiger partial charge < -0.3 is 10.8 Å². The van der Waals surface area contributed by atoms with Gasteiger partial charge in [0.25, 0.3) is 0 Å². The highest BCUT2D eigenvalue weighted by atomic mass is 79.9. The first-order valence-corrected chi connectivity index (χ1v) is 5.46. The van der Waals surface area contributed by atoms with Crippen LogP contribution >= 0.6 is 27.3 Å². The molecule has 1 heterocycles. The predicted molar refractivity (Wildman–Crippen MR) is 62.2 cm³/mol. The molecule has 2 aromatic rings. The molecule has 0 aliphatic heterocycles. The summed E-state index contributed by atoms with van der Waals surface area (Å²) < 4.78 is 1.65. The van der Waals surface area contributed by atoms with Crippen molar-refractivity contribution in [1.82, 2.24) is 0 Å². The summed E-state index contributed by atoms with van der Waals surface area (Å²) >= 11 is 4.73. The van der Waals surface area contributed by atoms with E-state index in [-0.39, 0.29) is 11.6 Å². The number of phenolic OH excluding ortho intramolecular Hbond substituents is 1. The van der Waals surface area contributed by atoms with Gasteiger partial charge in [-0.15, -0.1) is 11.3 Å². The standard InChI is InChI=1S/C9H7BrN2OS/c10-8-4-3-7(9(11)12)14-6(4)2-1-5(8)13/h1-3,13H,(H3,11,12). The van der Waals surface area contributed by atoms with Gasteiger partial charge in [0.05, 0.1) is 9.35 Å². The lowest BCUT2D eigenvalue weighted by Crippen LogP contribution is -2.08. The molecule has 72 valence electrons. The number of hydrogen-bond donors (Lipinski definition) is 3. The van der Waals surface area contributed by atoms with Gasteiger partial charge in [-0.05, 0) is 34.1 Å². The van der Waals surface area contributed by atoms with Crippen molar-refractivity contribution in [1.29, 1.82) is 5.41 Å². The van der Waals surface area contributed by atoms with Crippen LogP contribution in [0.4, 0.5) is 0 Å². The van der Waals surface area contributed by atoms with Crippen LogP contribution in [0.2, 0.25) is 0 Å². The van der Waals surface area contributed by atoms with E-state index in [1.54, 1.807) is 12.1 Å². The topological polar surface area (TPSA) is 70.1 Å². The van der Waals surface area contributed by atoms with Crippen molar-refractivity contribution in [3.05, 3.63) is 27.5 Å². The molecular formula is C9H7BrN2OS. The number of halogens is 1. The highest BCUT2D eigenvalue weighted by molar-refractivity contribution is 9.10. The summed E-state index contributed by atoms with van der Waals surface area (Å²) in [5, 5.41) is 17.6. The maximum atomic E-state index is 9.44. The van der Waals surface area contributed by atoms with Crippen LogP contribution in [0.3, 0.4) is 0 Å². The molecule has 0 spiro atoms. The third kappa shape index (κ3) is 1.38. The van der Waals surface area contributed by atoms with Crippen molar-refractivity contribution < 1.29 is 5.11 Å². The Balaban J connectivity index is 2.77. The molecule has 2 rings (SSSR count). The first-order valence-electron chi connectivity index (χ1n) is 3.85. The number of nitrogens with one attached hydrogen (secondary N) is 1. The Morgan fingerprint density at radius 1 is 1.50 bits per heavy atom. The van der Waals surface area contributed by atoms with E-state index in [0.717, 1.165) is 10.1 Å². The summed E-state index contributed by atoms with van der Waals surface area (Å²) in [6.07, 6.45) is 0. The van der Waals surface area contributed by atoms with Crippen LogP contribution in [-0.4, -0.2) is 10.9 Å². The van der Waals surface area contributed by atoms with Crippen molar-refractivity contribution in [2.45, 2.75) is 0 Å². The lowest BCUT2D eigenvalue weighted by molar-refractivity contribution is 0.473. The molecule has 5 heteroatoms. The molecule has 1 aromatic carbocycles. The second-order valence-electron chi connectivity index (χ2n) is 2.83. The second-order valence-corrected chi connectivity index (χ2v) is 4.71. The number of nitrogen functional groups attached to an aromatic ring is 1. The van der Waals surface area contributed by atoms with Gasteiger partial charge in [-0.25, -0.2) is 0 Å². The molecule has 0 amide bonds. The average Bonchev–Trinajstić information content (AvgIpc) is 2.56. The van der Waals surface area contributed by atoms with Crippen LogP contribution in [-0.2, 0) is 0 Å². The molecule has 14 heavy (non-hydrogen) atoms. The Labute approximate surface area is 92.8 Å². The molecule has 4 N–H and O–H groups in total. The molecular weight excluding hydrogens is 264 g/mol. The highest BCUT2D eigenvalue weighted by Gasteiger charge is 2.09. The molecule has 0 aliphatic carbocycles. The van der Waals surface area contributed by atoms with Gasteiger partial charge >= 0.3 is 0 Å². The Hall–Kier alpha value is -1.07. The Kier molecular flexibility index (Phi) is 2.20. The first kappa shape index (κ1) is 9.48. The fourth-order valence-corrected chi connectivity index (χ4v) is 2.72. The quantitative estimate of drug-likeness (QED) is 0.551. The largest absolute Gasteiger partial charge is 0.507 e. The summed E-state index contributed by atoms with van der Waals surface area (Å²) in [5.74, 6) is 0.253. The number of rotatable bonds is 1. The molecule has 0 unspecified atom stereocenters. The Bertz CT molecular complexity index is 521. The minimum atomic E-state index is 0.0533. The van der Waals surface area contributed by atoms with Crippen molar-refractivity contribution in [3.63, 3.8) is 0 Å². The summed E-state index contributed by atoms with van der Waals surface area (Å²) in [6.45, 7) is 0. The second kappa shape index (κ2) is 3.25. The molecule has 0 atom stereocenters. The lowest BCUT2D eigenvalue weighted by Gasteiger charge is -1.96. The van der Waals surface area contributed by atoms with Gasteiger partial charge in [0, 0.05) is 10.1 Å². The van der Waals surface area contributed by atoms with E-state index in [1.165, 1.54) is 11.3 Å². The molecule has 3 nitrogen and oxygen atoms in total. The molecule has 0 saturated heterocycles. The van der Waals surface area contributed by atoms with E-state index in [4.69, 9.17) is 11.1 Å². The van der Waals surface area contributed by atoms with Gasteiger partial charge in [-0.2, -0.15) is 0 Å². The van der Waals surface area contributed by atoms with Crippen molar-refractivity contribution in [3.8, 4) is 5.75 Å². The van der Waals surface area contributed by atoms with Gasteiger partial charge in [0.15, 0.2) is 0 Å². The average molecular weight is 271 g/mol. The predicted octanol–water partition coefficient (Wildman–Crippen LogP) is 2.65. The third-order valence-corrected chi connectivity index (χ3v) is 3.85. The monoisotopic (exact) mass is 270 g/mol. The van der Waals surface area contributed by atoms with Crippen LogP contribution in [0.15, 0.2) is 22.7 Å². The van der Waals surface area contributed by atoms with Gasteiger partial charge in [0.1, 0.15) is 11.6 Å². The van der Waals surface area contributed by atoms with Crippen LogP contribution in [0.25, 0.3) is 10.1 Å². The Morgan fingerprint density at radius 2 is 2.21 bits per heavy atom. The molecule has 0 fully saturated rings. The van der Waals surface area contributed by atoms with E-state index >= 15 is 0 Å². The van der Waals surface area contributed by atoms with Gasteiger partial charge in [-0.3, -0.25) is 5.41 Å². The summed E-state index contributed by atoms with van der Waals surface area (Å²) in [7, 11) is 0. The SMILES string of the molecule is N=C(N)c1cc2c(Br)c(O)ccc2s1. The number of hydrogen-bond acceptors (Lipinski definition) is 3. The van der Waals surface area contributed by atoms with E-state index in [0.29, 0.717) is 9.35 Å². The zero-order valence-corrected chi connectivity index (χ0v) is 9.45. The maximum absolute atomic E-state index is 9.44. The molecule has 0 aliphatic rings. The van der Waals surface area contributed by atoms with Crippen LogP contribution < -0.4 is 5.73 Å². The fourth-order valence-electron chi connectivity index (χ4n) is 1.20. The van der Waals surface area contributed by atoms with E-state index < -0.39 is 0 Å². The molecule has 1 aromatic heterocycles. The van der Waals surface area contributed by atoms with Crippen molar-refractivity contribution >= 4 is 43.2 Å². The number of benzene rings is 1. The Morgan fingerprint density at radius 3 is 2.86 bits per heavy atom. The molecule has 0 radical (unpaired) electrons. The van der Waals surface area contributed by atoms with E-state index in [2.05, 4.69) is 15.9 Å². The maximum Gasteiger partial charge on any atom is 0.133 e. The summed E-state index contributed by atoms with van der Waals surface area (Å²) in [6, 6.07) is 5.23. The number of phenols is 1. The van der Waals surface area contributed by atoms with Crippen LogP contribution in [0.5, 0.6) is 5.75 Å². The number of thiophene rings is 1. The molecule has 0 saturated carbocycles. The fraction of sp³-hybridized carbons (Fsp3) is 0. The number of amidine groups is 1. The summed E-state index contributed by atoms with van der Waals surface area (Å²) in [5.41, 5.74) is 5.38. The number of aromatic hydroxyl groups is 1. The third-order valence-electron chi connectivity index (χ3n) is 1.88. The summed E-state index contributed by atoms with van der Waals surface area (Å²) in [4.78, 5) is 0.714. The van der Waals surface area contributed by atoms with Crippen LogP contribution in [0, 0.1) is 5.41 Å².